The van der Waals surface area contributed by atoms with E-state index >= 15 is 0 Å². The van der Waals surface area contributed by atoms with E-state index in [-0.39, 0.29) is 17.9 Å². The van der Waals surface area contributed by atoms with Gasteiger partial charge in [-0.25, -0.2) is 0 Å². The number of carbonyl (C=O) groups is 2. The summed E-state index contributed by atoms with van der Waals surface area (Å²) in [6.45, 7) is 2.00. The summed E-state index contributed by atoms with van der Waals surface area (Å²) in [4.78, 5) is 22.3. The lowest BCUT2D eigenvalue weighted by Crippen LogP contribution is -2.47. The number of aryl methyl sites for hydroxylation is 1. The molecule has 4 nitrogen and oxygen atoms in total. The fourth-order valence-corrected chi connectivity index (χ4v) is 2.11. The number of amides is 1. The molecular formula is C14H17NO3. The van der Waals surface area contributed by atoms with Crippen molar-refractivity contribution in [2.24, 2.45) is 5.92 Å². The molecule has 1 fully saturated rings. The second-order valence-corrected chi connectivity index (χ2v) is 4.93. The monoisotopic (exact) mass is 247 g/mol. The van der Waals surface area contributed by atoms with E-state index in [2.05, 4.69) is 5.32 Å². The van der Waals surface area contributed by atoms with Crippen molar-refractivity contribution in [1.29, 1.82) is 0 Å². The van der Waals surface area contributed by atoms with Crippen LogP contribution in [0.4, 0.5) is 0 Å². The van der Waals surface area contributed by atoms with Crippen molar-refractivity contribution in [2.75, 3.05) is 0 Å². The Kier molecular flexibility index (Phi) is 3.65. The van der Waals surface area contributed by atoms with Crippen molar-refractivity contribution in [3.8, 4) is 0 Å². The van der Waals surface area contributed by atoms with E-state index in [0.29, 0.717) is 19.3 Å². The van der Waals surface area contributed by atoms with Gasteiger partial charge in [0.2, 0.25) is 5.91 Å². The fourth-order valence-electron chi connectivity index (χ4n) is 2.11. The lowest BCUT2D eigenvalue weighted by molar-refractivity contribution is -0.146. The van der Waals surface area contributed by atoms with Crippen LogP contribution in [0.3, 0.4) is 0 Å². The predicted molar refractivity (Wildman–Crippen MR) is 67.2 cm³/mol. The normalized spacial score (nSPS) is 22.1. The maximum atomic E-state index is 11.7. The molecule has 1 amide bonds. The topological polar surface area (TPSA) is 66.4 Å². The van der Waals surface area contributed by atoms with Crippen molar-refractivity contribution >= 4 is 11.9 Å². The highest BCUT2D eigenvalue weighted by molar-refractivity contribution is 5.79. The third kappa shape index (κ3) is 3.09. The summed E-state index contributed by atoms with van der Waals surface area (Å²) in [5.41, 5.74) is 2.15. The Labute approximate surface area is 106 Å². The predicted octanol–water partition coefficient (Wildman–Crippen LogP) is 1.52. The van der Waals surface area contributed by atoms with Gasteiger partial charge >= 0.3 is 5.97 Å². The van der Waals surface area contributed by atoms with Gasteiger partial charge < -0.3 is 10.4 Å². The fraction of sp³-hybridized carbons (Fsp3) is 0.429. The number of hydrogen-bond acceptors (Lipinski definition) is 2. The molecule has 1 aliphatic rings. The Morgan fingerprint density at radius 2 is 1.89 bits per heavy atom. The molecule has 1 aromatic carbocycles. The summed E-state index contributed by atoms with van der Waals surface area (Å²) in [6, 6.07) is 7.87. The van der Waals surface area contributed by atoms with Crippen LogP contribution < -0.4 is 5.32 Å². The highest BCUT2D eigenvalue weighted by atomic mass is 16.4. The molecular weight excluding hydrogens is 230 g/mol. The minimum absolute atomic E-state index is 0.0315. The molecule has 0 aromatic heterocycles. The smallest absolute Gasteiger partial charge is 0.306 e. The van der Waals surface area contributed by atoms with E-state index in [1.165, 1.54) is 5.56 Å². The molecule has 0 atom stereocenters. The molecule has 0 aliphatic heterocycles. The zero-order chi connectivity index (χ0) is 13.1. The second kappa shape index (κ2) is 5.21. The van der Waals surface area contributed by atoms with Gasteiger partial charge in [-0.1, -0.05) is 29.8 Å². The van der Waals surface area contributed by atoms with Gasteiger partial charge in [0, 0.05) is 6.04 Å². The van der Waals surface area contributed by atoms with Crippen molar-refractivity contribution in [3.05, 3.63) is 35.4 Å². The summed E-state index contributed by atoms with van der Waals surface area (Å²) in [5, 5.41) is 11.6. The number of carboxylic acids is 1. The van der Waals surface area contributed by atoms with Crippen LogP contribution in [0.25, 0.3) is 0 Å². The minimum Gasteiger partial charge on any atom is -0.481 e. The zero-order valence-corrected chi connectivity index (χ0v) is 10.3. The Hall–Kier alpha value is -1.84. The summed E-state index contributed by atoms with van der Waals surface area (Å²) in [5.74, 6) is -1.08. The third-order valence-electron chi connectivity index (χ3n) is 3.34. The van der Waals surface area contributed by atoms with Crippen molar-refractivity contribution < 1.29 is 14.7 Å². The van der Waals surface area contributed by atoms with Crippen molar-refractivity contribution in [3.63, 3.8) is 0 Å². The maximum absolute atomic E-state index is 11.7. The zero-order valence-electron chi connectivity index (χ0n) is 10.3. The molecule has 0 saturated heterocycles. The first-order chi connectivity index (χ1) is 8.54. The Balaban J connectivity index is 1.76. The van der Waals surface area contributed by atoms with Crippen LogP contribution >= 0.6 is 0 Å². The van der Waals surface area contributed by atoms with Crippen LogP contribution in [-0.2, 0) is 16.0 Å². The quantitative estimate of drug-likeness (QED) is 0.847. The molecule has 2 rings (SSSR count). The first kappa shape index (κ1) is 12.6. The number of carboxylic acid groups (broad SMARTS) is 1. The summed E-state index contributed by atoms with van der Waals surface area (Å²) in [7, 11) is 0. The number of nitrogens with one attached hydrogen (secondary N) is 1. The molecule has 1 aliphatic carbocycles. The van der Waals surface area contributed by atoms with E-state index in [1.807, 2.05) is 31.2 Å². The highest BCUT2D eigenvalue weighted by Gasteiger charge is 2.35. The SMILES string of the molecule is Cc1ccc(CC(=O)NC2CC(C(=O)O)C2)cc1. The number of aliphatic carboxylic acids is 1. The molecule has 1 aromatic rings. The Morgan fingerprint density at radius 1 is 1.28 bits per heavy atom. The number of rotatable bonds is 4. The lowest BCUT2D eigenvalue weighted by Gasteiger charge is -2.32. The van der Waals surface area contributed by atoms with E-state index in [9.17, 15) is 9.59 Å². The van der Waals surface area contributed by atoms with Gasteiger partial charge in [0.25, 0.3) is 0 Å². The first-order valence-electron chi connectivity index (χ1n) is 6.12. The van der Waals surface area contributed by atoms with E-state index in [4.69, 9.17) is 5.11 Å². The maximum Gasteiger partial charge on any atom is 0.306 e. The number of benzene rings is 1. The average Bonchev–Trinajstić information content (AvgIpc) is 2.25. The largest absolute Gasteiger partial charge is 0.481 e. The van der Waals surface area contributed by atoms with Gasteiger partial charge in [0.15, 0.2) is 0 Å². The van der Waals surface area contributed by atoms with Gasteiger partial charge in [-0.3, -0.25) is 9.59 Å². The lowest BCUT2D eigenvalue weighted by atomic mass is 9.80. The molecule has 2 N–H and O–H groups in total. The molecule has 96 valence electrons. The average molecular weight is 247 g/mol. The molecule has 4 heteroatoms. The molecule has 0 bridgehead atoms. The summed E-state index contributed by atoms with van der Waals surface area (Å²) >= 11 is 0. The van der Waals surface area contributed by atoms with Crippen LogP contribution in [-0.4, -0.2) is 23.0 Å². The van der Waals surface area contributed by atoms with Crippen LogP contribution in [0, 0.1) is 12.8 Å². The number of hydrogen-bond donors (Lipinski definition) is 2. The summed E-state index contributed by atoms with van der Waals surface area (Å²) < 4.78 is 0. The van der Waals surface area contributed by atoms with Gasteiger partial charge in [0.05, 0.1) is 12.3 Å². The molecule has 0 heterocycles. The van der Waals surface area contributed by atoms with Gasteiger partial charge in [-0.05, 0) is 25.3 Å². The molecule has 1 saturated carbocycles. The van der Waals surface area contributed by atoms with Crippen molar-refractivity contribution in [1.82, 2.24) is 5.32 Å². The van der Waals surface area contributed by atoms with Gasteiger partial charge in [0.1, 0.15) is 0 Å². The Morgan fingerprint density at radius 3 is 2.44 bits per heavy atom. The summed E-state index contributed by atoms with van der Waals surface area (Å²) in [6.07, 6.45) is 1.46. The van der Waals surface area contributed by atoms with Crippen LogP contribution in [0.2, 0.25) is 0 Å². The molecule has 0 spiro atoms. The molecule has 0 radical (unpaired) electrons. The van der Waals surface area contributed by atoms with Crippen LogP contribution in [0.5, 0.6) is 0 Å². The van der Waals surface area contributed by atoms with Crippen molar-refractivity contribution in [2.45, 2.75) is 32.2 Å². The van der Waals surface area contributed by atoms with E-state index < -0.39 is 5.97 Å². The number of carbonyl (C=O) groups excluding carboxylic acids is 1. The first-order valence-corrected chi connectivity index (χ1v) is 6.12. The molecule has 18 heavy (non-hydrogen) atoms. The Bertz CT molecular complexity index is 447. The highest BCUT2D eigenvalue weighted by Crippen LogP contribution is 2.27. The second-order valence-electron chi connectivity index (χ2n) is 4.93. The minimum atomic E-state index is -0.765. The standard InChI is InChI=1S/C14H17NO3/c1-9-2-4-10(5-3-9)6-13(16)15-12-7-11(8-12)14(17)18/h2-5,11-12H,6-8H2,1H3,(H,15,16)(H,17,18). The molecule has 0 unspecified atom stereocenters. The van der Waals surface area contributed by atoms with E-state index in [0.717, 1.165) is 5.56 Å². The van der Waals surface area contributed by atoms with Crippen LogP contribution in [0.15, 0.2) is 24.3 Å². The van der Waals surface area contributed by atoms with Crippen LogP contribution in [0.1, 0.15) is 24.0 Å². The van der Waals surface area contributed by atoms with E-state index in [1.54, 1.807) is 0 Å². The third-order valence-corrected chi connectivity index (χ3v) is 3.34. The van der Waals surface area contributed by atoms with Gasteiger partial charge in [-0.15, -0.1) is 0 Å². The van der Waals surface area contributed by atoms with Gasteiger partial charge in [-0.2, -0.15) is 0 Å².